The van der Waals surface area contributed by atoms with Crippen LogP contribution in [0.25, 0.3) is 0 Å². The maximum atomic E-state index is 10.2. The summed E-state index contributed by atoms with van der Waals surface area (Å²) in [7, 11) is 0. The molecule has 0 spiro atoms. The average Bonchev–Trinajstić information content (AvgIpc) is 2.44. The van der Waals surface area contributed by atoms with Crippen LogP contribution >= 0.6 is 0 Å². The molecule has 1 N–H and O–H groups in total. The van der Waals surface area contributed by atoms with Gasteiger partial charge in [0.2, 0.25) is 0 Å². The molecule has 0 amide bonds. The Morgan fingerprint density at radius 3 is 2.81 bits per heavy atom. The summed E-state index contributed by atoms with van der Waals surface area (Å²) >= 11 is 0. The smallest absolute Gasteiger partial charge is 0.129 e. The molecule has 0 aliphatic carbocycles. The monoisotopic (exact) mass is 292 g/mol. The van der Waals surface area contributed by atoms with Gasteiger partial charge >= 0.3 is 0 Å². The van der Waals surface area contributed by atoms with E-state index in [4.69, 9.17) is 14.2 Å². The minimum absolute atomic E-state index is 0.342. The molecule has 1 atom stereocenters. The lowest BCUT2D eigenvalue weighted by molar-refractivity contribution is 0.0111. The fourth-order valence-corrected chi connectivity index (χ4v) is 3.01. The van der Waals surface area contributed by atoms with Gasteiger partial charge in [-0.2, -0.15) is 0 Å². The van der Waals surface area contributed by atoms with Gasteiger partial charge in [-0.15, -0.1) is 0 Å². The maximum absolute atomic E-state index is 10.2. The molecule has 1 aromatic carbocycles. The van der Waals surface area contributed by atoms with Gasteiger partial charge in [0.1, 0.15) is 17.1 Å². The van der Waals surface area contributed by atoms with E-state index in [-0.39, 0.29) is 5.60 Å². The van der Waals surface area contributed by atoms with Crippen LogP contribution in [0.5, 0.6) is 11.5 Å². The number of hydrogen-bond donors (Lipinski definition) is 1. The van der Waals surface area contributed by atoms with Gasteiger partial charge in [-0.05, 0) is 44.7 Å². The van der Waals surface area contributed by atoms with Crippen molar-refractivity contribution in [2.45, 2.75) is 44.8 Å². The summed E-state index contributed by atoms with van der Waals surface area (Å²) in [6, 6.07) is 5.73. The second-order valence-electron chi connectivity index (χ2n) is 6.65. The lowest BCUT2D eigenvalue weighted by atomic mass is 9.92. The number of aliphatic hydroxyl groups excluding tert-OH is 1. The summed E-state index contributed by atoms with van der Waals surface area (Å²) in [6.07, 6.45) is 2.27. The highest BCUT2D eigenvalue weighted by atomic mass is 16.5. The molecule has 2 heterocycles. The Morgan fingerprint density at radius 2 is 2.05 bits per heavy atom. The number of fused-ring (bicyclic) bond motifs is 1. The predicted molar refractivity (Wildman–Crippen MR) is 79.8 cm³/mol. The van der Waals surface area contributed by atoms with E-state index in [0.29, 0.717) is 18.9 Å². The van der Waals surface area contributed by atoms with Crippen LogP contribution in [-0.2, 0) is 4.74 Å². The quantitative estimate of drug-likeness (QED) is 0.930. The normalized spacial score (nSPS) is 25.0. The Bertz CT molecular complexity index is 492. The molecular weight excluding hydrogens is 268 g/mol. The van der Waals surface area contributed by atoms with Gasteiger partial charge in [0.25, 0.3) is 0 Å². The summed E-state index contributed by atoms with van der Waals surface area (Å²) < 4.78 is 17.2. The molecule has 2 aliphatic rings. The molecule has 0 radical (unpaired) electrons. The van der Waals surface area contributed by atoms with Crippen LogP contribution in [-0.4, -0.2) is 30.5 Å². The molecule has 1 fully saturated rings. The Kier molecular flexibility index (Phi) is 4.09. The lowest BCUT2D eigenvalue weighted by Gasteiger charge is -2.35. The molecule has 3 rings (SSSR count). The van der Waals surface area contributed by atoms with E-state index in [9.17, 15) is 5.11 Å². The number of benzene rings is 1. The van der Waals surface area contributed by atoms with Gasteiger partial charge in [-0.25, -0.2) is 0 Å². The van der Waals surface area contributed by atoms with E-state index in [2.05, 4.69) is 0 Å². The highest BCUT2D eigenvalue weighted by Gasteiger charge is 2.32. The fourth-order valence-electron chi connectivity index (χ4n) is 3.01. The summed E-state index contributed by atoms with van der Waals surface area (Å²) in [5, 5.41) is 10.2. The van der Waals surface area contributed by atoms with Crippen molar-refractivity contribution >= 4 is 0 Å². The second kappa shape index (κ2) is 5.85. The Balaban J connectivity index is 1.67. The van der Waals surface area contributed by atoms with Crippen molar-refractivity contribution in [2.24, 2.45) is 5.92 Å². The molecule has 21 heavy (non-hydrogen) atoms. The van der Waals surface area contributed by atoms with Gasteiger partial charge in [-0.1, -0.05) is 0 Å². The van der Waals surface area contributed by atoms with Crippen molar-refractivity contribution in [1.29, 1.82) is 0 Å². The third-order valence-electron chi connectivity index (χ3n) is 4.24. The summed E-state index contributed by atoms with van der Waals surface area (Å²) in [4.78, 5) is 0. The van der Waals surface area contributed by atoms with Crippen LogP contribution in [0.3, 0.4) is 0 Å². The highest BCUT2D eigenvalue weighted by molar-refractivity contribution is 5.43. The first-order valence-electron chi connectivity index (χ1n) is 7.75. The Morgan fingerprint density at radius 1 is 1.29 bits per heavy atom. The van der Waals surface area contributed by atoms with Crippen LogP contribution < -0.4 is 9.47 Å². The molecular formula is C17H24O4. The van der Waals surface area contributed by atoms with Crippen molar-refractivity contribution in [3.63, 3.8) is 0 Å². The van der Waals surface area contributed by atoms with Crippen LogP contribution in [0.2, 0.25) is 0 Å². The molecule has 116 valence electrons. The van der Waals surface area contributed by atoms with E-state index < -0.39 is 6.10 Å². The molecule has 1 saturated heterocycles. The summed E-state index contributed by atoms with van der Waals surface area (Å²) in [5.41, 5.74) is 0.513. The molecule has 0 aromatic heterocycles. The first-order chi connectivity index (χ1) is 10.0. The topological polar surface area (TPSA) is 47.9 Å². The highest BCUT2D eigenvalue weighted by Crippen LogP contribution is 2.41. The standard InChI is InChI=1S/C17H24O4/c1-17(2)10-15(18)14-4-3-13(9-16(14)21-17)20-11-12-5-7-19-8-6-12/h3-4,9,12,15,18H,5-8,10-11H2,1-2H3. The van der Waals surface area contributed by atoms with E-state index in [0.717, 1.165) is 43.1 Å². The number of hydrogen-bond acceptors (Lipinski definition) is 4. The van der Waals surface area contributed by atoms with Crippen molar-refractivity contribution in [1.82, 2.24) is 0 Å². The molecule has 1 aromatic rings. The third kappa shape index (κ3) is 3.50. The van der Waals surface area contributed by atoms with Gasteiger partial charge in [0.05, 0.1) is 12.7 Å². The molecule has 2 aliphatic heterocycles. The van der Waals surface area contributed by atoms with Crippen molar-refractivity contribution in [2.75, 3.05) is 19.8 Å². The van der Waals surface area contributed by atoms with Gasteiger partial charge in [0.15, 0.2) is 0 Å². The molecule has 1 unspecified atom stereocenters. The molecule has 0 saturated carbocycles. The Labute approximate surface area is 126 Å². The first-order valence-corrected chi connectivity index (χ1v) is 7.75. The van der Waals surface area contributed by atoms with Gasteiger partial charge in [0, 0.05) is 31.3 Å². The fraction of sp³-hybridized carbons (Fsp3) is 0.647. The van der Waals surface area contributed by atoms with Gasteiger partial charge < -0.3 is 19.3 Å². The zero-order valence-corrected chi connectivity index (χ0v) is 12.8. The van der Waals surface area contributed by atoms with E-state index in [1.54, 1.807) is 0 Å². The van der Waals surface area contributed by atoms with Crippen LogP contribution in [0.4, 0.5) is 0 Å². The van der Waals surface area contributed by atoms with E-state index in [1.165, 1.54) is 0 Å². The van der Waals surface area contributed by atoms with Crippen LogP contribution in [0.1, 0.15) is 44.8 Å². The predicted octanol–water partition coefficient (Wildman–Crippen LogP) is 3.09. The zero-order chi connectivity index (χ0) is 14.9. The molecule has 0 bridgehead atoms. The van der Waals surface area contributed by atoms with Gasteiger partial charge in [-0.3, -0.25) is 0 Å². The van der Waals surface area contributed by atoms with Crippen molar-refractivity contribution in [3.8, 4) is 11.5 Å². The summed E-state index contributed by atoms with van der Waals surface area (Å²) in [5.74, 6) is 2.12. The second-order valence-corrected chi connectivity index (χ2v) is 6.65. The summed E-state index contributed by atoms with van der Waals surface area (Å²) in [6.45, 7) is 6.38. The minimum Gasteiger partial charge on any atom is -0.493 e. The number of rotatable bonds is 3. The zero-order valence-electron chi connectivity index (χ0n) is 12.8. The molecule has 4 nitrogen and oxygen atoms in total. The van der Waals surface area contributed by atoms with E-state index >= 15 is 0 Å². The van der Waals surface area contributed by atoms with E-state index in [1.807, 2.05) is 32.0 Å². The lowest BCUT2D eigenvalue weighted by Crippen LogP contribution is -2.34. The Hall–Kier alpha value is -1.26. The van der Waals surface area contributed by atoms with Crippen molar-refractivity contribution < 1.29 is 19.3 Å². The third-order valence-corrected chi connectivity index (χ3v) is 4.24. The van der Waals surface area contributed by atoms with Crippen molar-refractivity contribution in [3.05, 3.63) is 23.8 Å². The average molecular weight is 292 g/mol. The SMILES string of the molecule is CC1(C)CC(O)c2ccc(OCC3CCOCC3)cc2O1. The first kappa shape index (κ1) is 14.7. The number of aliphatic hydroxyl groups is 1. The minimum atomic E-state index is -0.465. The molecule has 4 heteroatoms. The number of ether oxygens (including phenoxy) is 3. The maximum Gasteiger partial charge on any atom is 0.129 e. The van der Waals surface area contributed by atoms with Crippen LogP contribution in [0, 0.1) is 5.92 Å². The van der Waals surface area contributed by atoms with Crippen LogP contribution in [0.15, 0.2) is 18.2 Å². The largest absolute Gasteiger partial charge is 0.493 e.